The van der Waals surface area contributed by atoms with E-state index in [4.69, 9.17) is 9.84 Å². The zero-order chi connectivity index (χ0) is 13.7. The smallest absolute Gasteiger partial charge is 0.407 e. The molecule has 0 fully saturated rings. The van der Waals surface area contributed by atoms with Gasteiger partial charge in [0.1, 0.15) is 5.82 Å². The molecule has 0 saturated heterocycles. The van der Waals surface area contributed by atoms with Crippen LogP contribution in [0.4, 0.5) is 4.79 Å². The highest BCUT2D eigenvalue weighted by molar-refractivity contribution is 5.65. The maximum Gasteiger partial charge on any atom is 0.407 e. The molecule has 19 heavy (non-hydrogen) atoms. The Labute approximate surface area is 111 Å². The first-order chi connectivity index (χ1) is 9.20. The molecule has 0 radical (unpaired) electrons. The van der Waals surface area contributed by atoms with Gasteiger partial charge < -0.3 is 20.1 Å². The zero-order valence-corrected chi connectivity index (χ0v) is 10.9. The van der Waals surface area contributed by atoms with Gasteiger partial charge in [-0.25, -0.2) is 14.8 Å². The van der Waals surface area contributed by atoms with Crippen molar-refractivity contribution in [1.82, 2.24) is 20.2 Å². The number of nitrogens with one attached hydrogen (secondary N) is 1. The molecule has 1 aromatic heterocycles. The first-order valence-corrected chi connectivity index (χ1v) is 6.22. The Hall–Kier alpha value is -1.73. The number of rotatable bonds is 5. The Morgan fingerprint density at radius 1 is 1.63 bits per heavy atom. The fourth-order valence-electron chi connectivity index (χ4n) is 1.98. The van der Waals surface area contributed by atoms with E-state index < -0.39 is 6.09 Å². The largest absolute Gasteiger partial charge is 0.465 e. The molecule has 2 heterocycles. The second-order valence-electron chi connectivity index (χ2n) is 4.38. The fourth-order valence-corrected chi connectivity index (χ4v) is 1.98. The van der Waals surface area contributed by atoms with Crippen molar-refractivity contribution in [3.8, 4) is 0 Å². The van der Waals surface area contributed by atoms with E-state index in [1.54, 1.807) is 13.3 Å². The highest BCUT2D eigenvalue weighted by Gasteiger charge is 2.21. The second-order valence-corrected chi connectivity index (χ2v) is 4.38. The number of amides is 1. The van der Waals surface area contributed by atoms with Gasteiger partial charge in [0.25, 0.3) is 0 Å². The minimum atomic E-state index is -0.893. The summed E-state index contributed by atoms with van der Waals surface area (Å²) in [6.07, 6.45) is 1.48. The lowest BCUT2D eigenvalue weighted by molar-refractivity contribution is 0.139. The number of nitrogens with zero attached hydrogens (tertiary/aromatic N) is 3. The fraction of sp³-hybridized carbons (Fsp3) is 0.583. The van der Waals surface area contributed by atoms with Crippen LogP contribution >= 0.6 is 0 Å². The number of fused-ring (bicyclic) bond motifs is 1. The van der Waals surface area contributed by atoms with Gasteiger partial charge in [0.15, 0.2) is 0 Å². The zero-order valence-electron chi connectivity index (χ0n) is 10.9. The number of carbonyl (C=O) groups is 1. The predicted molar refractivity (Wildman–Crippen MR) is 67.8 cm³/mol. The molecule has 2 rings (SSSR count). The van der Waals surface area contributed by atoms with Crippen LogP contribution in [0.25, 0.3) is 0 Å². The molecule has 1 amide bonds. The van der Waals surface area contributed by atoms with Gasteiger partial charge in [0.05, 0.1) is 25.4 Å². The summed E-state index contributed by atoms with van der Waals surface area (Å²) in [5, 5.41) is 12.1. The summed E-state index contributed by atoms with van der Waals surface area (Å²) in [5.74, 6) is 0.735. The van der Waals surface area contributed by atoms with Gasteiger partial charge in [-0.05, 0) is 0 Å². The molecular weight excluding hydrogens is 248 g/mol. The number of methoxy groups -OCH3 is 1. The molecule has 0 atom stereocenters. The molecule has 1 aromatic rings. The highest BCUT2D eigenvalue weighted by Crippen LogP contribution is 2.16. The number of carboxylic acid groups (broad SMARTS) is 1. The van der Waals surface area contributed by atoms with Crippen LogP contribution in [0.2, 0.25) is 0 Å². The third-order valence-corrected chi connectivity index (χ3v) is 3.02. The summed E-state index contributed by atoms with van der Waals surface area (Å²) >= 11 is 0. The molecule has 0 aromatic carbocycles. The predicted octanol–water partition coefficient (Wildman–Crippen LogP) is 0.249. The average molecular weight is 266 g/mol. The van der Waals surface area contributed by atoms with Crippen LogP contribution in [0.15, 0.2) is 6.20 Å². The number of hydrogen-bond donors (Lipinski definition) is 2. The molecule has 7 nitrogen and oxygen atoms in total. The standard InChI is InChI=1S/C12H18N4O3/c1-19-5-3-13-7-11-14-6-9-8-16(12(17)18)4-2-10(9)15-11/h6,13H,2-5,7-8H2,1H3,(H,17,18). The van der Waals surface area contributed by atoms with E-state index >= 15 is 0 Å². The number of ether oxygens (including phenoxy) is 1. The van der Waals surface area contributed by atoms with Crippen LogP contribution in [0.3, 0.4) is 0 Å². The molecule has 0 bridgehead atoms. The Morgan fingerprint density at radius 2 is 2.47 bits per heavy atom. The van der Waals surface area contributed by atoms with Gasteiger partial charge in [-0.15, -0.1) is 0 Å². The molecule has 2 N–H and O–H groups in total. The summed E-state index contributed by atoms with van der Waals surface area (Å²) in [7, 11) is 1.66. The van der Waals surface area contributed by atoms with Crippen molar-refractivity contribution < 1.29 is 14.6 Å². The average Bonchev–Trinajstić information content (AvgIpc) is 2.43. The van der Waals surface area contributed by atoms with Crippen molar-refractivity contribution in [1.29, 1.82) is 0 Å². The molecule has 0 saturated carbocycles. The number of aromatic nitrogens is 2. The molecule has 7 heteroatoms. The lowest BCUT2D eigenvalue weighted by Gasteiger charge is -2.25. The first-order valence-electron chi connectivity index (χ1n) is 6.22. The van der Waals surface area contributed by atoms with Crippen molar-refractivity contribution in [3.63, 3.8) is 0 Å². The van der Waals surface area contributed by atoms with E-state index in [1.165, 1.54) is 4.90 Å². The van der Waals surface area contributed by atoms with Crippen LogP contribution < -0.4 is 5.32 Å². The SMILES string of the molecule is COCCNCc1ncc2c(n1)CCN(C(=O)O)C2. The van der Waals surface area contributed by atoms with Crippen LogP contribution in [0, 0.1) is 0 Å². The topological polar surface area (TPSA) is 87.6 Å². The maximum atomic E-state index is 10.9. The van der Waals surface area contributed by atoms with Crippen molar-refractivity contribution in [2.24, 2.45) is 0 Å². The van der Waals surface area contributed by atoms with Crippen LogP contribution in [-0.2, 0) is 24.2 Å². The summed E-state index contributed by atoms with van der Waals surface area (Å²) in [5.41, 5.74) is 1.85. The lowest BCUT2D eigenvalue weighted by atomic mass is 10.1. The quantitative estimate of drug-likeness (QED) is 0.743. The summed E-state index contributed by atoms with van der Waals surface area (Å²) in [6.45, 7) is 2.87. The van der Waals surface area contributed by atoms with Gasteiger partial charge in [-0.2, -0.15) is 0 Å². The van der Waals surface area contributed by atoms with Crippen molar-refractivity contribution in [2.75, 3.05) is 26.8 Å². The van der Waals surface area contributed by atoms with E-state index in [-0.39, 0.29) is 0 Å². The van der Waals surface area contributed by atoms with Crippen LogP contribution in [-0.4, -0.2) is 52.9 Å². The Morgan fingerprint density at radius 3 is 3.21 bits per heavy atom. The van der Waals surface area contributed by atoms with E-state index in [2.05, 4.69) is 15.3 Å². The highest BCUT2D eigenvalue weighted by atomic mass is 16.5. The third kappa shape index (κ3) is 3.62. The lowest BCUT2D eigenvalue weighted by Crippen LogP contribution is -2.35. The maximum absolute atomic E-state index is 10.9. The minimum Gasteiger partial charge on any atom is -0.465 e. The van der Waals surface area contributed by atoms with Crippen molar-refractivity contribution in [2.45, 2.75) is 19.5 Å². The Kier molecular flexibility index (Phi) is 4.64. The molecule has 0 unspecified atom stereocenters. The van der Waals surface area contributed by atoms with Gasteiger partial charge in [-0.1, -0.05) is 0 Å². The summed E-state index contributed by atoms with van der Waals surface area (Å²) < 4.78 is 4.94. The van der Waals surface area contributed by atoms with Crippen LogP contribution in [0.5, 0.6) is 0 Å². The van der Waals surface area contributed by atoms with Crippen molar-refractivity contribution in [3.05, 3.63) is 23.3 Å². The van der Waals surface area contributed by atoms with Gasteiger partial charge in [0, 0.05) is 38.4 Å². The first kappa shape index (κ1) is 13.7. The molecule has 1 aliphatic heterocycles. The Balaban J connectivity index is 1.95. The van der Waals surface area contributed by atoms with Gasteiger partial charge in [0.2, 0.25) is 0 Å². The van der Waals surface area contributed by atoms with Gasteiger partial charge >= 0.3 is 6.09 Å². The van der Waals surface area contributed by atoms with Crippen LogP contribution in [0.1, 0.15) is 17.1 Å². The van der Waals surface area contributed by atoms with E-state index in [1.807, 2.05) is 0 Å². The van der Waals surface area contributed by atoms with E-state index in [9.17, 15) is 4.79 Å². The summed E-state index contributed by atoms with van der Waals surface area (Å²) in [4.78, 5) is 21.0. The number of hydrogen-bond acceptors (Lipinski definition) is 5. The third-order valence-electron chi connectivity index (χ3n) is 3.02. The molecular formula is C12H18N4O3. The molecule has 0 spiro atoms. The summed E-state index contributed by atoms with van der Waals surface area (Å²) in [6, 6.07) is 0. The van der Waals surface area contributed by atoms with Crippen molar-refractivity contribution >= 4 is 6.09 Å². The van der Waals surface area contributed by atoms with Gasteiger partial charge in [-0.3, -0.25) is 0 Å². The normalized spacial score (nSPS) is 14.3. The Bertz CT molecular complexity index is 453. The van der Waals surface area contributed by atoms with E-state index in [0.29, 0.717) is 32.7 Å². The minimum absolute atomic E-state index is 0.377. The molecule has 1 aliphatic rings. The molecule has 0 aliphatic carbocycles. The monoisotopic (exact) mass is 266 g/mol. The van der Waals surface area contributed by atoms with E-state index in [0.717, 1.165) is 23.6 Å². The second kappa shape index (κ2) is 6.44. The molecule has 104 valence electrons.